The molecule has 0 aliphatic rings. The largest absolute Gasteiger partial charge is 0.473 e. The molecule has 22 heavy (non-hydrogen) atoms. The Morgan fingerprint density at radius 3 is 2.91 bits per heavy atom. The first-order chi connectivity index (χ1) is 10.5. The highest BCUT2D eigenvalue weighted by molar-refractivity contribution is 7.11. The average Bonchev–Trinajstić information content (AvgIpc) is 2.89. The topological polar surface area (TPSA) is 81.4 Å². The van der Waals surface area contributed by atoms with Gasteiger partial charge in [0.1, 0.15) is 6.61 Å². The first-order valence-electron chi connectivity index (χ1n) is 6.53. The molecule has 0 aliphatic carbocycles. The summed E-state index contributed by atoms with van der Waals surface area (Å²) in [4.78, 5) is 21.9. The van der Waals surface area contributed by atoms with E-state index in [2.05, 4.69) is 16.5 Å². The fourth-order valence-electron chi connectivity index (χ4n) is 1.86. The zero-order chi connectivity index (χ0) is 16.1. The standard InChI is InChI=1S/C14H16N4O3S/c1-4-7-21-13-6-5-12(18(19)20)14(16-13)17(3)9-11-8-15-10(2)22-11/h4-6,8H,1,7,9H2,2-3H3. The van der Waals surface area contributed by atoms with Crippen molar-refractivity contribution >= 4 is 22.8 Å². The van der Waals surface area contributed by atoms with Crippen molar-refractivity contribution < 1.29 is 9.66 Å². The molecule has 2 aromatic heterocycles. The average molecular weight is 320 g/mol. The summed E-state index contributed by atoms with van der Waals surface area (Å²) in [5.74, 6) is 0.588. The van der Waals surface area contributed by atoms with Crippen LogP contribution in [0.4, 0.5) is 11.5 Å². The fourth-order valence-corrected chi connectivity index (χ4v) is 2.71. The predicted molar refractivity (Wildman–Crippen MR) is 85.5 cm³/mol. The van der Waals surface area contributed by atoms with Crippen LogP contribution in [-0.4, -0.2) is 28.5 Å². The van der Waals surface area contributed by atoms with E-state index in [1.165, 1.54) is 12.1 Å². The molecule has 0 atom stereocenters. The predicted octanol–water partition coefficient (Wildman–Crippen LogP) is 2.96. The number of nitro groups is 1. The first kappa shape index (κ1) is 15.9. The van der Waals surface area contributed by atoms with Crippen LogP contribution in [-0.2, 0) is 6.54 Å². The summed E-state index contributed by atoms with van der Waals surface area (Å²) in [6.45, 7) is 6.26. The van der Waals surface area contributed by atoms with Gasteiger partial charge in [0, 0.05) is 30.3 Å². The summed E-state index contributed by atoms with van der Waals surface area (Å²) in [6.07, 6.45) is 3.35. The number of hydrogen-bond donors (Lipinski definition) is 0. The smallest absolute Gasteiger partial charge is 0.311 e. The minimum atomic E-state index is -0.450. The minimum absolute atomic E-state index is 0.0605. The van der Waals surface area contributed by atoms with Crippen LogP contribution in [0.1, 0.15) is 9.88 Å². The number of thiazole rings is 1. The second-order valence-electron chi connectivity index (χ2n) is 4.55. The maximum Gasteiger partial charge on any atom is 0.311 e. The molecule has 0 aromatic carbocycles. The Labute approximate surface area is 132 Å². The molecule has 2 rings (SSSR count). The third-order valence-corrected chi connectivity index (χ3v) is 3.70. The van der Waals surface area contributed by atoms with Crippen LogP contribution in [0.15, 0.2) is 31.0 Å². The number of aryl methyl sites for hydroxylation is 1. The zero-order valence-corrected chi connectivity index (χ0v) is 13.2. The van der Waals surface area contributed by atoms with E-state index in [-0.39, 0.29) is 11.5 Å². The Morgan fingerprint density at radius 2 is 2.32 bits per heavy atom. The van der Waals surface area contributed by atoms with Crippen molar-refractivity contribution in [3.63, 3.8) is 0 Å². The Morgan fingerprint density at radius 1 is 1.55 bits per heavy atom. The molecular weight excluding hydrogens is 304 g/mol. The molecule has 2 aromatic rings. The van der Waals surface area contributed by atoms with Crippen LogP contribution in [0.2, 0.25) is 0 Å². The monoisotopic (exact) mass is 320 g/mol. The molecule has 0 saturated heterocycles. The molecule has 0 saturated carbocycles. The molecule has 0 fully saturated rings. The second-order valence-corrected chi connectivity index (χ2v) is 5.87. The van der Waals surface area contributed by atoms with Crippen molar-refractivity contribution in [3.8, 4) is 5.88 Å². The van der Waals surface area contributed by atoms with Crippen LogP contribution in [0, 0.1) is 17.0 Å². The highest BCUT2D eigenvalue weighted by Crippen LogP contribution is 2.29. The molecule has 0 radical (unpaired) electrons. The summed E-state index contributed by atoms with van der Waals surface area (Å²) >= 11 is 1.55. The van der Waals surface area contributed by atoms with Crippen molar-refractivity contribution in [1.29, 1.82) is 0 Å². The minimum Gasteiger partial charge on any atom is -0.473 e. The van der Waals surface area contributed by atoms with E-state index in [0.717, 1.165) is 9.88 Å². The summed E-state index contributed by atoms with van der Waals surface area (Å²) in [5.41, 5.74) is -0.0605. The normalized spacial score (nSPS) is 10.3. The third-order valence-electron chi connectivity index (χ3n) is 2.80. The number of ether oxygens (including phenoxy) is 1. The Kier molecular flexibility index (Phi) is 5.05. The van der Waals surface area contributed by atoms with Gasteiger partial charge >= 0.3 is 5.69 Å². The highest BCUT2D eigenvalue weighted by atomic mass is 32.1. The molecule has 7 nitrogen and oxygen atoms in total. The Balaban J connectivity index is 2.28. The molecule has 0 N–H and O–H groups in total. The fraction of sp³-hybridized carbons (Fsp3) is 0.286. The number of aromatic nitrogens is 2. The van der Waals surface area contributed by atoms with Crippen LogP contribution >= 0.6 is 11.3 Å². The van der Waals surface area contributed by atoms with Crippen molar-refractivity contribution in [1.82, 2.24) is 9.97 Å². The summed E-state index contributed by atoms with van der Waals surface area (Å²) < 4.78 is 5.35. The SMILES string of the molecule is C=CCOc1ccc([N+](=O)[O-])c(N(C)Cc2cnc(C)s2)n1. The number of pyridine rings is 1. The molecule has 0 spiro atoms. The Bertz CT molecular complexity index is 686. The third kappa shape index (κ3) is 3.79. The molecule has 116 valence electrons. The van der Waals surface area contributed by atoms with Gasteiger partial charge in [-0.1, -0.05) is 12.7 Å². The Hall–Kier alpha value is -2.48. The zero-order valence-electron chi connectivity index (χ0n) is 12.4. The highest BCUT2D eigenvalue weighted by Gasteiger charge is 2.20. The lowest BCUT2D eigenvalue weighted by molar-refractivity contribution is -0.384. The van der Waals surface area contributed by atoms with Gasteiger partial charge in [-0.05, 0) is 6.92 Å². The van der Waals surface area contributed by atoms with Gasteiger partial charge in [0.15, 0.2) is 0 Å². The molecule has 0 unspecified atom stereocenters. The molecule has 2 heterocycles. The van der Waals surface area contributed by atoms with E-state index in [0.29, 0.717) is 19.0 Å². The molecule has 0 aliphatic heterocycles. The van der Waals surface area contributed by atoms with Crippen LogP contribution in [0.5, 0.6) is 5.88 Å². The quantitative estimate of drug-likeness (QED) is 0.443. The van der Waals surface area contributed by atoms with E-state index in [4.69, 9.17) is 4.74 Å². The maximum absolute atomic E-state index is 11.2. The van der Waals surface area contributed by atoms with Crippen LogP contribution in [0.25, 0.3) is 0 Å². The van der Waals surface area contributed by atoms with Crippen molar-refractivity contribution in [3.05, 3.63) is 51.0 Å². The van der Waals surface area contributed by atoms with Crippen molar-refractivity contribution in [2.75, 3.05) is 18.6 Å². The van der Waals surface area contributed by atoms with Gasteiger partial charge in [0.25, 0.3) is 0 Å². The van der Waals surface area contributed by atoms with Crippen molar-refractivity contribution in [2.45, 2.75) is 13.5 Å². The van der Waals surface area contributed by atoms with E-state index < -0.39 is 4.92 Å². The van der Waals surface area contributed by atoms with E-state index in [1.807, 2.05) is 6.92 Å². The van der Waals surface area contributed by atoms with Gasteiger partial charge in [-0.25, -0.2) is 4.98 Å². The number of hydrogen-bond acceptors (Lipinski definition) is 7. The molecular formula is C14H16N4O3S. The van der Waals surface area contributed by atoms with E-state index in [1.54, 1.807) is 35.6 Å². The van der Waals surface area contributed by atoms with Gasteiger partial charge in [-0.3, -0.25) is 10.1 Å². The van der Waals surface area contributed by atoms with Crippen LogP contribution in [0.3, 0.4) is 0 Å². The van der Waals surface area contributed by atoms with Crippen molar-refractivity contribution in [2.24, 2.45) is 0 Å². The van der Waals surface area contributed by atoms with Gasteiger partial charge in [-0.2, -0.15) is 4.98 Å². The molecule has 0 amide bonds. The number of rotatable bonds is 7. The molecule has 8 heteroatoms. The summed E-state index contributed by atoms with van der Waals surface area (Å²) in [7, 11) is 1.75. The summed E-state index contributed by atoms with van der Waals surface area (Å²) in [6, 6.07) is 2.88. The van der Waals surface area contributed by atoms with Gasteiger partial charge in [0.05, 0.1) is 16.5 Å². The van der Waals surface area contributed by atoms with E-state index in [9.17, 15) is 10.1 Å². The second kappa shape index (κ2) is 6.99. The molecule has 0 bridgehead atoms. The van der Waals surface area contributed by atoms with Gasteiger partial charge in [-0.15, -0.1) is 11.3 Å². The van der Waals surface area contributed by atoms with E-state index >= 15 is 0 Å². The lowest BCUT2D eigenvalue weighted by atomic mass is 10.3. The van der Waals surface area contributed by atoms with Gasteiger partial charge in [0.2, 0.25) is 11.7 Å². The first-order valence-corrected chi connectivity index (χ1v) is 7.34. The summed E-state index contributed by atoms with van der Waals surface area (Å²) in [5, 5.41) is 12.1. The lowest BCUT2D eigenvalue weighted by Gasteiger charge is -2.17. The van der Waals surface area contributed by atoms with Crippen LogP contribution < -0.4 is 9.64 Å². The number of nitrogens with zero attached hydrogens (tertiary/aromatic N) is 4. The number of anilines is 1. The maximum atomic E-state index is 11.2. The lowest BCUT2D eigenvalue weighted by Crippen LogP contribution is -2.18. The van der Waals surface area contributed by atoms with Gasteiger partial charge < -0.3 is 9.64 Å².